The van der Waals surface area contributed by atoms with Crippen LogP contribution in [0.4, 0.5) is 0 Å². The highest BCUT2D eigenvalue weighted by Gasteiger charge is 2.76. The van der Waals surface area contributed by atoms with Crippen molar-refractivity contribution >= 4 is 11.8 Å². The summed E-state index contributed by atoms with van der Waals surface area (Å²) in [5, 5.41) is 21.5. The van der Waals surface area contributed by atoms with E-state index in [0.717, 1.165) is 49.7 Å². The first-order chi connectivity index (χ1) is 22.1. The summed E-state index contributed by atoms with van der Waals surface area (Å²) in [6.07, 6.45) is 19.6. The van der Waals surface area contributed by atoms with Crippen molar-refractivity contribution in [3.05, 3.63) is 46.6 Å². The molecule has 0 spiro atoms. The Balaban J connectivity index is 1.35. The molecule has 3 aliphatic rings. The normalized spacial score (nSPS) is 33.3. The molecule has 0 aromatic heterocycles. The zero-order valence-electron chi connectivity index (χ0n) is 32.3. The number of carbonyl (C=O) groups is 2. The van der Waals surface area contributed by atoms with Crippen LogP contribution in [-0.4, -0.2) is 51.0 Å². The molecule has 0 bridgehead atoms. The van der Waals surface area contributed by atoms with Crippen LogP contribution >= 0.6 is 0 Å². The Kier molecular flexibility index (Phi) is 13.4. The maximum absolute atomic E-state index is 13.1. The van der Waals surface area contributed by atoms with Crippen LogP contribution in [0.1, 0.15) is 160 Å². The summed E-state index contributed by atoms with van der Waals surface area (Å²) in [7, 11) is 0. The first kappa shape index (κ1) is 40.4. The minimum absolute atomic E-state index is 0.165. The van der Waals surface area contributed by atoms with Gasteiger partial charge in [0.05, 0.1) is 17.3 Å². The number of esters is 1. The molecule has 1 heterocycles. The fourth-order valence-electron chi connectivity index (χ4n) is 9.02. The zero-order valence-corrected chi connectivity index (χ0v) is 32.3. The van der Waals surface area contributed by atoms with Gasteiger partial charge in [0.2, 0.25) is 0 Å². The summed E-state index contributed by atoms with van der Waals surface area (Å²) < 4.78 is 11.7. The number of carbonyl (C=O) groups excluding carboxylic acids is 2. The number of ketones is 1. The van der Waals surface area contributed by atoms with Gasteiger partial charge in [0, 0.05) is 26.2 Å². The minimum Gasteiger partial charge on any atom is -0.462 e. The second-order valence-electron chi connectivity index (χ2n) is 17.5. The number of allylic oxidation sites excluding steroid dienone is 7. The van der Waals surface area contributed by atoms with Gasteiger partial charge in [-0.15, -0.1) is 0 Å². The van der Waals surface area contributed by atoms with Crippen LogP contribution in [0, 0.1) is 16.7 Å². The third kappa shape index (κ3) is 10.3. The zero-order chi connectivity index (χ0) is 36.1. The lowest BCUT2D eigenvalue weighted by Gasteiger charge is -2.46. The van der Waals surface area contributed by atoms with E-state index in [2.05, 4.69) is 72.8 Å². The molecule has 6 nitrogen and oxygen atoms in total. The van der Waals surface area contributed by atoms with Gasteiger partial charge in [-0.2, -0.15) is 0 Å². The van der Waals surface area contributed by atoms with Gasteiger partial charge in [-0.1, -0.05) is 76.5 Å². The Bertz CT molecular complexity index is 1260. The van der Waals surface area contributed by atoms with E-state index < -0.39 is 16.8 Å². The number of fused-ring (bicyclic) bond motifs is 1. The topological polar surface area (TPSA) is 96.4 Å². The molecule has 272 valence electrons. The predicted molar refractivity (Wildman–Crippen MR) is 196 cm³/mol. The average molecular weight is 669 g/mol. The molecule has 2 saturated carbocycles. The third-order valence-corrected chi connectivity index (χ3v) is 11.7. The van der Waals surface area contributed by atoms with E-state index in [0.29, 0.717) is 31.6 Å². The molecule has 2 aliphatic carbocycles. The van der Waals surface area contributed by atoms with Gasteiger partial charge < -0.3 is 19.7 Å². The van der Waals surface area contributed by atoms with E-state index >= 15 is 0 Å². The summed E-state index contributed by atoms with van der Waals surface area (Å²) in [4.78, 5) is 24.6. The molecule has 1 aliphatic heterocycles. The van der Waals surface area contributed by atoms with Gasteiger partial charge in [0.15, 0.2) is 5.78 Å². The smallest absolute Gasteiger partial charge is 0.302 e. The lowest BCUT2D eigenvalue weighted by atomic mass is 9.61. The molecule has 6 heteroatoms. The monoisotopic (exact) mass is 669 g/mol. The van der Waals surface area contributed by atoms with Crippen LogP contribution < -0.4 is 0 Å². The van der Waals surface area contributed by atoms with E-state index in [1.807, 2.05) is 20.8 Å². The van der Waals surface area contributed by atoms with Crippen molar-refractivity contribution in [3.8, 4) is 0 Å². The molecule has 48 heavy (non-hydrogen) atoms. The van der Waals surface area contributed by atoms with Gasteiger partial charge in [0.1, 0.15) is 11.7 Å². The van der Waals surface area contributed by atoms with Crippen LogP contribution in [0.3, 0.4) is 0 Å². The number of epoxide rings is 1. The van der Waals surface area contributed by atoms with Crippen molar-refractivity contribution in [2.75, 3.05) is 0 Å². The van der Waals surface area contributed by atoms with Crippen molar-refractivity contribution in [2.24, 2.45) is 16.7 Å². The van der Waals surface area contributed by atoms with E-state index in [9.17, 15) is 19.8 Å². The van der Waals surface area contributed by atoms with Crippen LogP contribution in [-0.2, 0) is 19.1 Å². The van der Waals surface area contributed by atoms with E-state index in [1.165, 1.54) is 37.3 Å². The second kappa shape index (κ2) is 15.9. The number of aliphatic hydroxyl groups is 2. The highest BCUT2D eigenvalue weighted by atomic mass is 16.6. The van der Waals surface area contributed by atoms with Gasteiger partial charge in [0.25, 0.3) is 0 Å². The number of aliphatic hydroxyl groups excluding tert-OH is 1. The Labute approximate surface area is 292 Å². The molecule has 0 amide bonds. The van der Waals surface area contributed by atoms with Crippen molar-refractivity contribution in [2.45, 2.75) is 189 Å². The van der Waals surface area contributed by atoms with Gasteiger partial charge in [-0.25, -0.2) is 0 Å². The highest BCUT2D eigenvalue weighted by Crippen LogP contribution is 2.67. The lowest BCUT2D eigenvalue weighted by Crippen LogP contribution is -2.48. The first-order valence-electron chi connectivity index (χ1n) is 18.6. The van der Waals surface area contributed by atoms with Crippen LogP contribution in [0.25, 0.3) is 0 Å². The van der Waals surface area contributed by atoms with Crippen LogP contribution in [0.15, 0.2) is 46.6 Å². The Morgan fingerprint density at radius 1 is 0.896 bits per heavy atom. The predicted octanol–water partition coefficient (Wildman–Crippen LogP) is 9.68. The van der Waals surface area contributed by atoms with Gasteiger partial charge in [-0.05, 0) is 120 Å². The molecular weight excluding hydrogens is 600 g/mol. The third-order valence-electron chi connectivity index (χ3n) is 11.7. The summed E-state index contributed by atoms with van der Waals surface area (Å²) in [5.41, 5.74) is 2.28. The molecule has 3 fully saturated rings. The maximum atomic E-state index is 13.1. The summed E-state index contributed by atoms with van der Waals surface area (Å²) >= 11 is 0. The first-order valence-corrected chi connectivity index (χ1v) is 18.6. The standard InChI is InChI=1S/C42H68O6/c1-29(18-14-19-31(3)22-23-37-38(6,7)26-35(47-33(5)43)27-40(37,10)46)16-12-13-17-30(2)20-15-21-32(4)36(45)28-42-39(8,9)24-34(44)25-41(42,11)48-42/h17,19,21,23,29,34-35,44,46H,12-16,18,20,22,24-28H2,1-11H3/b30-17-,31-19+,32-21+,37-23?/t29?,34-,35-,40+,41+,42-/m0/s1. The number of rotatable bonds is 16. The number of unbranched alkanes of at least 4 members (excludes halogenated alkanes) is 1. The van der Waals surface area contributed by atoms with Gasteiger partial charge in [-0.3, -0.25) is 9.59 Å². The lowest BCUT2D eigenvalue weighted by molar-refractivity contribution is -0.152. The Morgan fingerprint density at radius 3 is 2.19 bits per heavy atom. The Hall–Kier alpha value is -2.02. The van der Waals surface area contributed by atoms with Crippen LogP contribution in [0.5, 0.6) is 0 Å². The summed E-state index contributed by atoms with van der Waals surface area (Å²) in [6, 6.07) is 0. The van der Waals surface area contributed by atoms with E-state index in [1.54, 1.807) is 0 Å². The molecule has 0 radical (unpaired) electrons. The van der Waals surface area contributed by atoms with Crippen molar-refractivity contribution in [1.82, 2.24) is 0 Å². The number of hydrogen-bond acceptors (Lipinski definition) is 6. The molecule has 0 aromatic carbocycles. The SMILES string of the molecule is CC(=O)O[C@H]1CC(C)(C)C(=CC/C(C)=C/CCC(C)CCC/C=C(/C)CC/C=C(\C)C(=O)C[C@@]23O[C@]2(C)C[C@@H](O)CC3(C)C)[C@](C)(O)C1. The minimum atomic E-state index is -0.981. The van der Waals surface area contributed by atoms with E-state index in [-0.39, 0.29) is 34.8 Å². The van der Waals surface area contributed by atoms with Crippen molar-refractivity contribution < 1.29 is 29.3 Å². The molecule has 2 N–H and O–H groups in total. The molecule has 0 aromatic rings. The fraction of sp³-hybridized carbons (Fsp3) is 0.762. The molecule has 1 saturated heterocycles. The molecule has 6 atom stereocenters. The second-order valence-corrected chi connectivity index (χ2v) is 17.5. The number of hydrogen-bond donors (Lipinski definition) is 2. The molecule has 1 unspecified atom stereocenters. The maximum Gasteiger partial charge on any atom is 0.302 e. The summed E-state index contributed by atoms with van der Waals surface area (Å²) in [5.74, 6) is 0.545. The largest absolute Gasteiger partial charge is 0.462 e. The number of Topliss-reactive ketones (excluding diaryl/α,β-unsaturated/α-hetero) is 1. The average Bonchev–Trinajstić information content (AvgIpc) is 3.53. The molecular formula is C42H68O6. The van der Waals surface area contributed by atoms with Crippen molar-refractivity contribution in [1.29, 1.82) is 0 Å². The molecule has 3 rings (SSSR count). The van der Waals surface area contributed by atoms with Crippen LogP contribution in [0.2, 0.25) is 0 Å². The van der Waals surface area contributed by atoms with Gasteiger partial charge >= 0.3 is 5.97 Å². The van der Waals surface area contributed by atoms with Crippen molar-refractivity contribution in [3.63, 3.8) is 0 Å². The fourth-order valence-corrected chi connectivity index (χ4v) is 9.02. The summed E-state index contributed by atoms with van der Waals surface area (Å²) in [6.45, 7) is 22.5. The van der Waals surface area contributed by atoms with E-state index in [4.69, 9.17) is 9.47 Å². The highest BCUT2D eigenvalue weighted by molar-refractivity contribution is 5.96. The Morgan fingerprint density at radius 2 is 1.56 bits per heavy atom. The number of ether oxygens (including phenoxy) is 2. The quantitative estimate of drug-likeness (QED) is 0.0559.